The number of nitro groups is 2. The molecule has 0 spiro atoms. The number of para-hydroxylation sites is 1. The molecule has 1 heterocycles. The Morgan fingerprint density at radius 3 is 2.50 bits per heavy atom. The van der Waals surface area contributed by atoms with Crippen LogP contribution in [0.4, 0.5) is 5.69 Å². The van der Waals surface area contributed by atoms with Gasteiger partial charge in [-0.2, -0.15) is 0 Å². The van der Waals surface area contributed by atoms with E-state index in [4.69, 9.17) is 16.3 Å². The summed E-state index contributed by atoms with van der Waals surface area (Å²) < 4.78 is 5.64. The van der Waals surface area contributed by atoms with Gasteiger partial charge < -0.3 is 9.84 Å². The minimum Gasteiger partial charge on any atom is -0.476 e. The predicted octanol–water partition coefficient (Wildman–Crippen LogP) is 2.97. The van der Waals surface area contributed by atoms with Gasteiger partial charge in [0.2, 0.25) is 6.10 Å². The average molecular weight is 351 g/mol. The summed E-state index contributed by atoms with van der Waals surface area (Å²) in [4.78, 5) is 18.7. The normalized spacial score (nSPS) is 25.4. The highest BCUT2D eigenvalue weighted by Gasteiger charge is 2.61. The van der Waals surface area contributed by atoms with Crippen LogP contribution in [0.25, 0.3) is 0 Å². The maximum Gasteiger partial charge on any atom is 0.364 e. The average Bonchev–Trinajstić information content (AvgIpc) is 2.58. The summed E-state index contributed by atoms with van der Waals surface area (Å²) in [6.45, 7) is 0. The van der Waals surface area contributed by atoms with Crippen molar-refractivity contribution in [1.29, 1.82) is 0 Å². The third-order valence-electron chi connectivity index (χ3n) is 3.87. The summed E-state index contributed by atoms with van der Waals surface area (Å²) in [5.41, 5.74) is 0.0575. The van der Waals surface area contributed by atoms with Crippen molar-refractivity contribution >= 4 is 17.3 Å². The molecule has 0 bridgehead atoms. The Kier molecular flexibility index (Phi) is 3.86. The second-order valence-electron chi connectivity index (χ2n) is 5.28. The Hall–Kier alpha value is -2.71. The molecular weight excluding hydrogens is 340 g/mol. The molecule has 9 heteroatoms. The summed E-state index contributed by atoms with van der Waals surface area (Å²) >= 11 is 6.18. The lowest BCUT2D eigenvalue weighted by molar-refractivity contribution is -0.570. The number of nitro benzene ring substituents is 1. The summed E-state index contributed by atoms with van der Waals surface area (Å²) in [5.74, 6) is 0.236. The summed E-state index contributed by atoms with van der Waals surface area (Å²) in [6, 6.07) is 11.5. The van der Waals surface area contributed by atoms with Gasteiger partial charge in [0, 0.05) is 23.3 Å². The van der Waals surface area contributed by atoms with Gasteiger partial charge in [-0.25, -0.2) is 0 Å². The molecule has 0 unspecified atom stereocenters. The SMILES string of the molecule is O=[N+]([O-])c1cccc([C@@H]2Oc3ccccc3[C@H](O)[C@@]2(Cl)[N+](=O)[O-])c1. The molecular formula is C15H11ClN2O6. The van der Waals surface area contributed by atoms with E-state index >= 15 is 0 Å². The number of halogens is 1. The van der Waals surface area contributed by atoms with Crippen molar-refractivity contribution in [3.05, 3.63) is 79.9 Å². The molecule has 1 aliphatic rings. The van der Waals surface area contributed by atoms with Crippen LogP contribution in [0.3, 0.4) is 0 Å². The van der Waals surface area contributed by atoms with Crippen molar-refractivity contribution in [3.8, 4) is 5.75 Å². The zero-order valence-corrected chi connectivity index (χ0v) is 12.8. The van der Waals surface area contributed by atoms with E-state index in [2.05, 4.69) is 0 Å². The van der Waals surface area contributed by atoms with Crippen molar-refractivity contribution in [2.75, 3.05) is 0 Å². The zero-order valence-electron chi connectivity index (χ0n) is 12.0. The van der Waals surface area contributed by atoms with Gasteiger partial charge in [0.05, 0.1) is 9.85 Å². The first kappa shape index (κ1) is 16.2. The van der Waals surface area contributed by atoms with E-state index in [1.54, 1.807) is 18.2 Å². The molecule has 2 aromatic carbocycles. The van der Waals surface area contributed by atoms with Crippen molar-refractivity contribution in [3.63, 3.8) is 0 Å². The number of hydrogen-bond acceptors (Lipinski definition) is 6. The van der Waals surface area contributed by atoms with E-state index in [-0.39, 0.29) is 22.6 Å². The second kappa shape index (κ2) is 5.73. The highest BCUT2D eigenvalue weighted by Crippen LogP contribution is 2.51. The van der Waals surface area contributed by atoms with Crippen LogP contribution in [-0.2, 0) is 0 Å². The highest BCUT2D eigenvalue weighted by atomic mass is 35.5. The molecule has 1 aliphatic heterocycles. The number of non-ortho nitro benzene ring substituents is 1. The maximum absolute atomic E-state index is 11.6. The van der Waals surface area contributed by atoms with Crippen molar-refractivity contribution in [1.82, 2.24) is 0 Å². The largest absolute Gasteiger partial charge is 0.476 e. The molecule has 0 saturated heterocycles. The smallest absolute Gasteiger partial charge is 0.364 e. The minimum atomic E-state index is -2.41. The Labute approximate surface area is 140 Å². The topological polar surface area (TPSA) is 116 Å². The number of aliphatic hydroxyl groups excluding tert-OH is 1. The first-order chi connectivity index (χ1) is 11.4. The molecule has 1 N–H and O–H groups in total. The number of alkyl halides is 1. The lowest BCUT2D eigenvalue weighted by Gasteiger charge is -2.37. The summed E-state index contributed by atoms with van der Waals surface area (Å²) in [7, 11) is 0. The molecule has 0 radical (unpaired) electrons. The van der Waals surface area contributed by atoms with Gasteiger partial charge in [-0.05, 0) is 17.7 Å². The Morgan fingerprint density at radius 2 is 1.83 bits per heavy atom. The number of aliphatic hydroxyl groups is 1. The van der Waals surface area contributed by atoms with E-state index in [0.717, 1.165) is 6.07 Å². The molecule has 0 aliphatic carbocycles. The minimum absolute atomic E-state index is 0.129. The number of benzene rings is 2. The van der Waals surface area contributed by atoms with E-state index in [1.165, 1.54) is 24.3 Å². The predicted molar refractivity (Wildman–Crippen MR) is 83.4 cm³/mol. The van der Waals surface area contributed by atoms with Crippen LogP contribution in [-0.4, -0.2) is 20.0 Å². The molecule has 8 nitrogen and oxygen atoms in total. The van der Waals surface area contributed by atoms with Gasteiger partial charge >= 0.3 is 5.00 Å². The first-order valence-electron chi connectivity index (χ1n) is 6.87. The summed E-state index contributed by atoms with van der Waals surface area (Å²) in [6.07, 6.45) is -3.05. The van der Waals surface area contributed by atoms with Crippen LogP contribution in [0.2, 0.25) is 0 Å². The first-order valence-corrected chi connectivity index (χ1v) is 7.25. The molecule has 2 aromatic rings. The molecule has 3 rings (SSSR count). The molecule has 0 saturated carbocycles. The fraction of sp³-hybridized carbons (Fsp3) is 0.200. The Balaban J connectivity index is 2.17. The van der Waals surface area contributed by atoms with E-state index in [1.807, 2.05) is 0 Å². The Morgan fingerprint density at radius 1 is 1.12 bits per heavy atom. The molecule has 0 fully saturated rings. The van der Waals surface area contributed by atoms with Crippen molar-refractivity contribution in [2.24, 2.45) is 0 Å². The van der Waals surface area contributed by atoms with E-state index in [0.29, 0.717) is 0 Å². The van der Waals surface area contributed by atoms with Gasteiger partial charge in [-0.3, -0.25) is 20.2 Å². The zero-order chi connectivity index (χ0) is 17.5. The van der Waals surface area contributed by atoms with Crippen LogP contribution in [0.15, 0.2) is 48.5 Å². The molecule has 24 heavy (non-hydrogen) atoms. The molecule has 124 valence electrons. The lowest BCUT2D eigenvalue weighted by Crippen LogP contribution is -2.49. The number of fused-ring (bicyclic) bond motifs is 1. The van der Waals surface area contributed by atoms with Crippen LogP contribution >= 0.6 is 11.6 Å². The van der Waals surface area contributed by atoms with Gasteiger partial charge in [0.15, 0.2) is 6.10 Å². The quantitative estimate of drug-likeness (QED) is 0.393. The van der Waals surface area contributed by atoms with Gasteiger partial charge in [0.25, 0.3) is 5.69 Å². The van der Waals surface area contributed by atoms with Gasteiger partial charge in [-0.15, -0.1) is 0 Å². The fourth-order valence-corrected chi connectivity index (χ4v) is 2.97. The molecule has 3 atom stereocenters. The third kappa shape index (κ3) is 2.36. The number of nitrogens with zero attached hydrogens (tertiary/aromatic N) is 2. The number of ether oxygens (including phenoxy) is 1. The van der Waals surface area contributed by atoms with Crippen LogP contribution in [0.1, 0.15) is 23.3 Å². The van der Waals surface area contributed by atoms with E-state index in [9.17, 15) is 25.3 Å². The number of rotatable bonds is 3. The van der Waals surface area contributed by atoms with E-state index < -0.39 is 27.1 Å². The summed E-state index contributed by atoms with van der Waals surface area (Å²) in [5, 5.41) is 33.0. The second-order valence-corrected chi connectivity index (χ2v) is 5.88. The molecule has 0 aromatic heterocycles. The van der Waals surface area contributed by atoms with Crippen molar-refractivity contribution < 1.29 is 19.7 Å². The Bertz CT molecular complexity index is 829. The fourth-order valence-electron chi connectivity index (χ4n) is 2.68. The standard InChI is InChI=1S/C15H11ClN2O6/c16-15(18(22)23)13(19)11-6-1-2-7-12(11)24-14(15)9-4-3-5-10(8-9)17(20)21/h1-8,13-14,19H/t13-,14-,15+/m0/s1. The van der Waals surface area contributed by atoms with Crippen LogP contribution in [0.5, 0.6) is 5.75 Å². The third-order valence-corrected chi connectivity index (χ3v) is 4.42. The number of hydrogen-bond donors (Lipinski definition) is 1. The van der Waals surface area contributed by atoms with Gasteiger partial charge in [0.1, 0.15) is 5.75 Å². The highest BCUT2D eigenvalue weighted by molar-refractivity contribution is 6.23. The van der Waals surface area contributed by atoms with Crippen molar-refractivity contribution in [2.45, 2.75) is 17.2 Å². The van der Waals surface area contributed by atoms with Gasteiger partial charge in [-0.1, -0.05) is 30.3 Å². The monoisotopic (exact) mass is 350 g/mol. The lowest BCUT2D eigenvalue weighted by atomic mass is 9.89. The van der Waals surface area contributed by atoms with Crippen LogP contribution < -0.4 is 4.74 Å². The van der Waals surface area contributed by atoms with Crippen LogP contribution in [0, 0.1) is 20.2 Å². The maximum atomic E-state index is 11.6. The molecule has 0 amide bonds.